The van der Waals surface area contributed by atoms with Crippen LogP contribution >= 0.6 is 11.3 Å². The van der Waals surface area contributed by atoms with Crippen LogP contribution in [-0.4, -0.2) is 46.3 Å². The van der Waals surface area contributed by atoms with Crippen LogP contribution in [0.1, 0.15) is 10.6 Å². The fourth-order valence-electron chi connectivity index (χ4n) is 3.67. The Bertz CT molecular complexity index is 1250. The molecule has 0 atom stereocenters. The first-order valence-electron chi connectivity index (χ1n) is 9.87. The maximum Gasteiger partial charge on any atom is 0.322 e. The molecule has 0 unspecified atom stereocenters. The van der Waals surface area contributed by atoms with E-state index in [4.69, 9.17) is 19.6 Å². The van der Waals surface area contributed by atoms with Crippen LogP contribution < -0.4 is 14.8 Å². The molecule has 0 bridgehead atoms. The summed E-state index contributed by atoms with van der Waals surface area (Å²) in [7, 11) is 3.23. The van der Waals surface area contributed by atoms with Crippen molar-refractivity contribution in [1.82, 2.24) is 19.5 Å². The molecule has 4 aromatic rings. The highest BCUT2D eigenvalue weighted by Crippen LogP contribution is 2.31. The SMILES string of the molecule is COc1ccc(-c2nc3sc4c(n3n2)CCN(C(=O)Nc2ccccc2OC)C4)cc1. The number of methoxy groups -OCH3 is 2. The van der Waals surface area contributed by atoms with Crippen LogP contribution in [0.2, 0.25) is 0 Å². The minimum atomic E-state index is -0.145. The van der Waals surface area contributed by atoms with Crippen LogP contribution in [0.4, 0.5) is 10.5 Å². The molecule has 0 fully saturated rings. The second-order valence-corrected chi connectivity index (χ2v) is 8.19. The number of nitrogens with one attached hydrogen (secondary N) is 1. The molecule has 1 aliphatic rings. The van der Waals surface area contributed by atoms with Crippen LogP contribution in [0.15, 0.2) is 48.5 Å². The van der Waals surface area contributed by atoms with Gasteiger partial charge in [-0.2, -0.15) is 4.98 Å². The number of amides is 2. The van der Waals surface area contributed by atoms with Crippen molar-refractivity contribution in [3.05, 3.63) is 59.1 Å². The number of hydrogen-bond donors (Lipinski definition) is 1. The van der Waals surface area contributed by atoms with Crippen LogP contribution in [0.25, 0.3) is 16.3 Å². The fourth-order valence-corrected chi connectivity index (χ4v) is 4.78. The molecule has 1 N–H and O–H groups in total. The molecule has 8 nitrogen and oxygen atoms in total. The molecular weight excluding hydrogens is 414 g/mol. The van der Waals surface area contributed by atoms with Crippen molar-refractivity contribution in [1.29, 1.82) is 0 Å². The molecule has 3 heterocycles. The summed E-state index contributed by atoms with van der Waals surface area (Å²) in [6.45, 7) is 1.14. The number of anilines is 1. The molecule has 2 aromatic heterocycles. The molecule has 158 valence electrons. The molecule has 0 saturated carbocycles. The van der Waals surface area contributed by atoms with E-state index in [1.807, 2.05) is 53.0 Å². The minimum Gasteiger partial charge on any atom is -0.497 e. The second-order valence-electron chi connectivity index (χ2n) is 7.13. The number of carbonyl (C=O) groups is 1. The maximum atomic E-state index is 12.8. The van der Waals surface area contributed by atoms with Gasteiger partial charge in [-0.1, -0.05) is 23.5 Å². The third-order valence-electron chi connectivity index (χ3n) is 5.31. The number of thiazole rings is 1. The molecule has 31 heavy (non-hydrogen) atoms. The van der Waals surface area contributed by atoms with E-state index in [2.05, 4.69) is 5.32 Å². The van der Waals surface area contributed by atoms with Gasteiger partial charge in [0.05, 0.1) is 32.1 Å². The number of aromatic nitrogens is 3. The van der Waals surface area contributed by atoms with Crippen molar-refractivity contribution in [2.75, 3.05) is 26.1 Å². The Morgan fingerprint density at radius 2 is 1.90 bits per heavy atom. The normalized spacial score (nSPS) is 13.2. The molecule has 2 aromatic carbocycles. The summed E-state index contributed by atoms with van der Waals surface area (Å²) < 4.78 is 12.4. The third kappa shape index (κ3) is 3.57. The zero-order chi connectivity index (χ0) is 21.4. The number of urea groups is 1. The van der Waals surface area contributed by atoms with E-state index < -0.39 is 0 Å². The molecular formula is C22H21N5O3S. The van der Waals surface area contributed by atoms with E-state index in [0.29, 0.717) is 30.4 Å². The summed E-state index contributed by atoms with van der Waals surface area (Å²) in [6, 6.07) is 15.0. The zero-order valence-corrected chi connectivity index (χ0v) is 18.0. The van der Waals surface area contributed by atoms with Crippen LogP contribution in [0.5, 0.6) is 11.5 Å². The van der Waals surface area contributed by atoms with E-state index in [-0.39, 0.29) is 6.03 Å². The van der Waals surface area contributed by atoms with Crippen molar-refractivity contribution in [3.8, 4) is 22.9 Å². The number of hydrogen-bond acceptors (Lipinski definition) is 6. The average molecular weight is 436 g/mol. The first-order chi connectivity index (χ1) is 15.2. The van der Waals surface area contributed by atoms with Crippen LogP contribution in [0.3, 0.4) is 0 Å². The summed E-state index contributed by atoms with van der Waals surface area (Å²) >= 11 is 1.58. The molecule has 0 spiro atoms. The van der Waals surface area contributed by atoms with Gasteiger partial charge in [0.1, 0.15) is 11.5 Å². The number of carbonyl (C=O) groups excluding carboxylic acids is 1. The fraction of sp³-hybridized carbons (Fsp3) is 0.227. The van der Waals surface area contributed by atoms with Gasteiger partial charge in [0.25, 0.3) is 0 Å². The highest BCUT2D eigenvalue weighted by Gasteiger charge is 2.26. The highest BCUT2D eigenvalue weighted by molar-refractivity contribution is 7.17. The minimum absolute atomic E-state index is 0.145. The van der Waals surface area contributed by atoms with E-state index in [9.17, 15) is 4.79 Å². The molecule has 0 saturated heterocycles. The van der Waals surface area contributed by atoms with Crippen molar-refractivity contribution < 1.29 is 14.3 Å². The van der Waals surface area contributed by atoms with Crippen molar-refractivity contribution in [2.24, 2.45) is 0 Å². The van der Waals surface area contributed by atoms with Crippen LogP contribution in [0, 0.1) is 0 Å². The van der Waals surface area contributed by atoms with Gasteiger partial charge in [-0.3, -0.25) is 0 Å². The topological polar surface area (TPSA) is 81.0 Å². The third-order valence-corrected chi connectivity index (χ3v) is 6.36. The second kappa shape index (κ2) is 7.92. The Labute approximate surface area is 183 Å². The molecule has 1 aliphatic heterocycles. The largest absolute Gasteiger partial charge is 0.497 e. The number of ether oxygens (including phenoxy) is 2. The summed E-state index contributed by atoms with van der Waals surface area (Å²) in [5.74, 6) is 2.13. The summed E-state index contributed by atoms with van der Waals surface area (Å²) in [5, 5.41) is 7.66. The van der Waals surface area contributed by atoms with E-state index in [1.54, 1.807) is 30.5 Å². The molecule has 0 radical (unpaired) electrons. The Hall–Kier alpha value is -3.59. The average Bonchev–Trinajstić information content (AvgIpc) is 3.37. The lowest BCUT2D eigenvalue weighted by Gasteiger charge is -2.27. The van der Waals surface area contributed by atoms with E-state index in [0.717, 1.165) is 33.3 Å². The Kier molecular flexibility index (Phi) is 4.95. The quantitative estimate of drug-likeness (QED) is 0.523. The molecule has 5 rings (SSSR count). The van der Waals surface area contributed by atoms with Crippen LogP contribution in [-0.2, 0) is 13.0 Å². The number of nitrogens with zero attached hydrogens (tertiary/aromatic N) is 4. The lowest BCUT2D eigenvalue weighted by molar-refractivity contribution is 0.206. The van der Waals surface area contributed by atoms with E-state index in [1.165, 1.54) is 0 Å². The predicted molar refractivity (Wildman–Crippen MR) is 119 cm³/mol. The predicted octanol–water partition coefficient (Wildman–Crippen LogP) is 4.07. The summed E-state index contributed by atoms with van der Waals surface area (Å²) in [6.07, 6.45) is 0.722. The van der Waals surface area contributed by atoms with Gasteiger partial charge >= 0.3 is 6.03 Å². The first kappa shape index (κ1) is 19.4. The molecule has 0 aliphatic carbocycles. The number of para-hydroxylation sites is 2. The first-order valence-corrected chi connectivity index (χ1v) is 10.7. The van der Waals surface area contributed by atoms with Gasteiger partial charge in [-0.05, 0) is 36.4 Å². The van der Waals surface area contributed by atoms with Gasteiger partial charge in [0.2, 0.25) is 4.96 Å². The lowest BCUT2D eigenvalue weighted by atomic mass is 10.2. The number of benzene rings is 2. The van der Waals surface area contributed by atoms with Gasteiger partial charge in [-0.15, -0.1) is 5.10 Å². The van der Waals surface area contributed by atoms with Crippen molar-refractivity contribution in [3.63, 3.8) is 0 Å². The number of fused-ring (bicyclic) bond motifs is 3. The summed E-state index contributed by atoms with van der Waals surface area (Å²) in [4.78, 5) is 21.2. The highest BCUT2D eigenvalue weighted by atomic mass is 32.1. The Balaban J connectivity index is 1.35. The molecule has 2 amide bonds. The number of rotatable bonds is 4. The van der Waals surface area contributed by atoms with Crippen molar-refractivity contribution in [2.45, 2.75) is 13.0 Å². The zero-order valence-electron chi connectivity index (χ0n) is 17.2. The lowest BCUT2D eigenvalue weighted by Crippen LogP contribution is -2.38. The smallest absolute Gasteiger partial charge is 0.322 e. The molecule has 9 heteroatoms. The van der Waals surface area contributed by atoms with Gasteiger partial charge in [-0.25, -0.2) is 9.31 Å². The van der Waals surface area contributed by atoms with E-state index >= 15 is 0 Å². The maximum absolute atomic E-state index is 12.8. The summed E-state index contributed by atoms with van der Waals surface area (Å²) in [5.41, 5.74) is 2.72. The van der Waals surface area contributed by atoms with Gasteiger partial charge < -0.3 is 19.7 Å². The standard InChI is InChI=1S/C22H21N5O3S/c1-29-15-9-7-14(8-10-15)20-24-22-27(25-20)17-11-12-26(13-19(17)31-22)21(28)23-16-5-3-4-6-18(16)30-2/h3-10H,11-13H2,1-2H3,(H,23,28). The Morgan fingerprint density at radius 3 is 2.68 bits per heavy atom. The Morgan fingerprint density at radius 1 is 1.10 bits per heavy atom. The van der Waals surface area contributed by atoms with Gasteiger partial charge in [0, 0.05) is 23.4 Å². The van der Waals surface area contributed by atoms with Crippen molar-refractivity contribution >= 4 is 28.0 Å². The monoisotopic (exact) mass is 435 g/mol. The van der Waals surface area contributed by atoms with Gasteiger partial charge in [0.15, 0.2) is 5.82 Å².